The first kappa shape index (κ1) is 13.0. The lowest BCUT2D eigenvalue weighted by Crippen LogP contribution is -2.26. The molecule has 0 aliphatic rings. The number of rotatable bonds is 5. The Morgan fingerprint density at radius 3 is 2.81 bits per heavy atom. The second kappa shape index (κ2) is 5.84. The Morgan fingerprint density at radius 2 is 2.31 bits per heavy atom. The normalized spacial score (nSPS) is 10.0. The van der Waals surface area contributed by atoms with E-state index in [-0.39, 0.29) is 0 Å². The molecule has 1 heterocycles. The van der Waals surface area contributed by atoms with Crippen molar-refractivity contribution >= 4 is 21.9 Å². The largest absolute Gasteiger partial charge is 0.480 e. The SMILES string of the molecule is C=C(C)CN(CC)c1ncc(Br)c(OC)n1. The monoisotopic (exact) mass is 285 g/mol. The van der Waals surface area contributed by atoms with Crippen LogP contribution in [0.3, 0.4) is 0 Å². The summed E-state index contributed by atoms with van der Waals surface area (Å²) < 4.78 is 5.89. The van der Waals surface area contributed by atoms with Crippen LogP contribution in [0.4, 0.5) is 5.95 Å². The number of aromatic nitrogens is 2. The van der Waals surface area contributed by atoms with Gasteiger partial charge in [0.1, 0.15) is 0 Å². The fraction of sp³-hybridized carbons (Fsp3) is 0.455. The third-order valence-corrected chi connectivity index (χ3v) is 2.56. The highest BCUT2D eigenvalue weighted by molar-refractivity contribution is 9.10. The van der Waals surface area contributed by atoms with Gasteiger partial charge in [-0.1, -0.05) is 12.2 Å². The van der Waals surface area contributed by atoms with E-state index in [1.807, 2.05) is 11.8 Å². The van der Waals surface area contributed by atoms with Gasteiger partial charge in [-0.3, -0.25) is 0 Å². The average Bonchev–Trinajstić information content (AvgIpc) is 2.26. The first-order chi connectivity index (χ1) is 7.58. The van der Waals surface area contributed by atoms with E-state index in [4.69, 9.17) is 4.74 Å². The summed E-state index contributed by atoms with van der Waals surface area (Å²) >= 11 is 3.33. The van der Waals surface area contributed by atoms with Crippen molar-refractivity contribution < 1.29 is 4.74 Å². The van der Waals surface area contributed by atoms with Gasteiger partial charge in [0.05, 0.1) is 17.8 Å². The van der Waals surface area contributed by atoms with Crippen LogP contribution in [0.1, 0.15) is 13.8 Å². The van der Waals surface area contributed by atoms with Gasteiger partial charge in [-0.05, 0) is 29.8 Å². The van der Waals surface area contributed by atoms with Crippen molar-refractivity contribution in [3.05, 3.63) is 22.8 Å². The predicted octanol–water partition coefficient (Wildman–Crippen LogP) is 2.65. The molecule has 1 rings (SSSR count). The summed E-state index contributed by atoms with van der Waals surface area (Å²) in [5.74, 6) is 1.20. The van der Waals surface area contributed by atoms with E-state index in [1.54, 1.807) is 13.3 Å². The average molecular weight is 286 g/mol. The van der Waals surface area contributed by atoms with Crippen molar-refractivity contribution in [3.63, 3.8) is 0 Å². The molecule has 0 aliphatic heterocycles. The Labute approximate surface area is 104 Å². The molecular formula is C11H16BrN3O. The molecule has 0 radical (unpaired) electrons. The Balaban J connectivity index is 2.96. The minimum absolute atomic E-state index is 0.546. The minimum atomic E-state index is 0.546. The zero-order valence-electron chi connectivity index (χ0n) is 9.83. The molecule has 1 aromatic rings. The lowest BCUT2D eigenvalue weighted by molar-refractivity contribution is 0.394. The molecule has 16 heavy (non-hydrogen) atoms. The van der Waals surface area contributed by atoms with E-state index in [9.17, 15) is 0 Å². The van der Waals surface area contributed by atoms with Crippen LogP contribution in [0.2, 0.25) is 0 Å². The predicted molar refractivity (Wildman–Crippen MR) is 69.0 cm³/mol. The molecule has 5 heteroatoms. The Kier molecular flexibility index (Phi) is 4.73. The van der Waals surface area contributed by atoms with Crippen molar-refractivity contribution in [2.75, 3.05) is 25.1 Å². The summed E-state index contributed by atoms with van der Waals surface area (Å²) in [5, 5.41) is 0. The summed E-state index contributed by atoms with van der Waals surface area (Å²) in [7, 11) is 1.59. The summed E-state index contributed by atoms with van der Waals surface area (Å²) in [5.41, 5.74) is 1.08. The zero-order chi connectivity index (χ0) is 12.1. The van der Waals surface area contributed by atoms with Crippen LogP contribution in [-0.2, 0) is 0 Å². The van der Waals surface area contributed by atoms with Crippen molar-refractivity contribution in [1.29, 1.82) is 0 Å². The second-order valence-corrected chi connectivity index (χ2v) is 4.35. The summed E-state index contributed by atoms with van der Waals surface area (Å²) in [6.45, 7) is 9.51. The van der Waals surface area contributed by atoms with E-state index in [0.29, 0.717) is 11.8 Å². The minimum Gasteiger partial charge on any atom is -0.480 e. The third-order valence-electron chi connectivity index (χ3n) is 2.02. The standard InChI is InChI=1S/C11H16BrN3O/c1-5-15(7-8(2)3)11-13-6-9(12)10(14-11)16-4/h6H,2,5,7H2,1,3-4H3. The first-order valence-electron chi connectivity index (χ1n) is 5.04. The highest BCUT2D eigenvalue weighted by atomic mass is 79.9. The van der Waals surface area contributed by atoms with Crippen molar-refractivity contribution in [1.82, 2.24) is 9.97 Å². The number of methoxy groups -OCH3 is 1. The highest BCUT2D eigenvalue weighted by Gasteiger charge is 2.10. The fourth-order valence-corrected chi connectivity index (χ4v) is 1.64. The molecule has 4 nitrogen and oxygen atoms in total. The molecule has 1 aromatic heterocycles. The van der Waals surface area contributed by atoms with Gasteiger partial charge in [0, 0.05) is 13.1 Å². The molecule has 0 saturated heterocycles. The number of nitrogens with zero attached hydrogens (tertiary/aromatic N) is 3. The van der Waals surface area contributed by atoms with Gasteiger partial charge >= 0.3 is 0 Å². The van der Waals surface area contributed by atoms with Gasteiger partial charge in [0.25, 0.3) is 0 Å². The molecule has 0 N–H and O–H groups in total. The molecule has 0 atom stereocenters. The summed E-state index contributed by atoms with van der Waals surface area (Å²) in [6.07, 6.45) is 1.70. The lowest BCUT2D eigenvalue weighted by atomic mass is 10.3. The van der Waals surface area contributed by atoms with Crippen molar-refractivity contribution in [3.8, 4) is 5.88 Å². The highest BCUT2D eigenvalue weighted by Crippen LogP contribution is 2.23. The number of ether oxygens (including phenoxy) is 1. The van der Waals surface area contributed by atoms with Crippen LogP contribution < -0.4 is 9.64 Å². The van der Waals surface area contributed by atoms with Gasteiger partial charge in [0.15, 0.2) is 0 Å². The molecule has 0 aliphatic carbocycles. The molecule has 0 amide bonds. The van der Waals surface area contributed by atoms with Crippen LogP contribution in [0.5, 0.6) is 5.88 Å². The van der Waals surface area contributed by atoms with Gasteiger partial charge in [-0.25, -0.2) is 4.98 Å². The third kappa shape index (κ3) is 3.20. The quantitative estimate of drug-likeness (QED) is 0.780. The van der Waals surface area contributed by atoms with E-state index >= 15 is 0 Å². The Bertz CT molecular complexity index is 381. The van der Waals surface area contributed by atoms with Crippen LogP contribution in [0, 0.1) is 0 Å². The maximum atomic E-state index is 5.14. The van der Waals surface area contributed by atoms with Gasteiger partial charge < -0.3 is 9.64 Å². The summed E-state index contributed by atoms with van der Waals surface area (Å²) in [6, 6.07) is 0. The van der Waals surface area contributed by atoms with Gasteiger partial charge in [-0.2, -0.15) is 4.98 Å². The molecule has 88 valence electrons. The Morgan fingerprint density at radius 1 is 1.62 bits per heavy atom. The number of anilines is 1. The van der Waals surface area contributed by atoms with E-state index in [0.717, 1.165) is 23.1 Å². The smallest absolute Gasteiger partial charge is 0.232 e. The second-order valence-electron chi connectivity index (χ2n) is 3.50. The molecule has 0 spiro atoms. The van der Waals surface area contributed by atoms with E-state index in [1.165, 1.54) is 0 Å². The molecule has 0 aromatic carbocycles. The number of halogens is 1. The van der Waals surface area contributed by atoms with Crippen LogP contribution in [0.15, 0.2) is 22.8 Å². The number of hydrogen-bond acceptors (Lipinski definition) is 4. The first-order valence-corrected chi connectivity index (χ1v) is 5.83. The van der Waals surface area contributed by atoms with E-state index in [2.05, 4.69) is 39.4 Å². The molecule has 0 fully saturated rings. The number of hydrogen-bond donors (Lipinski definition) is 0. The maximum Gasteiger partial charge on any atom is 0.232 e. The zero-order valence-corrected chi connectivity index (χ0v) is 11.4. The van der Waals surface area contributed by atoms with Gasteiger partial charge in [-0.15, -0.1) is 0 Å². The molecule has 0 bridgehead atoms. The molecular weight excluding hydrogens is 270 g/mol. The van der Waals surface area contributed by atoms with Crippen molar-refractivity contribution in [2.24, 2.45) is 0 Å². The fourth-order valence-electron chi connectivity index (χ4n) is 1.29. The van der Waals surface area contributed by atoms with Crippen molar-refractivity contribution in [2.45, 2.75) is 13.8 Å². The molecule has 0 saturated carbocycles. The lowest BCUT2D eigenvalue weighted by Gasteiger charge is -2.21. The summed E-state index contributed by atoms with van der Waals surface area (Å²) in [4.78, 5) is 10.6. The van der Waals surface area contributed by atoms with Gasteiger partial charge in [0.2, 0.25) is 11.8 Å². The Hall–Kier alpha value is -1.10. The maximum absolute atomic E-state index is 5.14. The van der Waals surface area contributed by atoms with Crippen LogP contribution >= 0.6 is 15.9 Å². The number of likely N-dealkylation sites (N-methyl/N-ethyl adjacent to an activating group) is 1. The topological polar surface area (TPSA) is 38.2 Å². The van der Waals surface area contributed by atoms with Crippen LogP contribution in [-0.4, -0.2) is 30.2 Å². The van der Waals surface area contributed by atoms with E-state index < -0.39 is 0 Å². The molecule has 0 unspecified atom stereocenters. The van der Waals surface area contributed by atoms with Crippen LogP contribution in [0.25, 0.3) is 0 Å².